The molecule has 0 aliphatic carbocycles. The lowest BCUT2D eigenvalue weighted by atomic mass is 10.2. The zero-order valence-electron chi connectivity index (χ0n) is 12.2. The van der Waals surface area contributed by atoms with Crippen molar-refractivity contribution in [2.75, 3.05) is 44.6 Å². The minimum Gasteiger partial charge on any atom is -0.370 e. The zero-order valence-corrected chi connectivity index (χ0v) is 12.2. The summed E-state index contributed by atoms with van der Waals surface area (Å²) in [4.78, 5) is 9.68. The summed E-state index contributed by atoms with van der Waals surface area (Å²) in [6.07, 6.45) is 1.13. The molecule has 19 heavy (non-hydrogen) atoms. The highest BCUT2D eigenvalue weighted by Gasteiger charge is 2.15. The second-order valence-corrected chi connectivity index (χ2v) is 5.15. The van der Waals surface area contributed by atoms with E-state index in [9.17, 15) is 0 Å². The summed E-state index contributed by atoms with van der Waals surface area (Å²) in [5.41, 5.74) is 1.17. The normalized spacial score (nSPS) is 17.6. The summed E-state index contributed by atoms with van der Waals surface area (Å²) in [5.74, 6) is 1.01. The van der Waals surface area contributed by atoms with Gasteiger partial charge >= 0.3 is 0 Å². The third kappa shape index (κ3) is 4.48. The van der Waals surface area contributed by atoms with E-state index in [1.54, 1.807) is 0 Å². The molecule has 1 aliphatic heterocycles. The number of nitrogens with zero attached hydrogens (tertiary/aromatic N) is 3. The van der Waals surface area contributed by atoms with Gasteiger partial charge in [0.15, 0.2) is 0 Å². The van der Waals surface area contributed by atoms with Crippen molar-refractivity contribution in [3.63, 3.8) is 0 Å². The van der Waals surface area contributed by atoms with Crippen molar-refractivity contribution < 1.29 is 0 Å². The minimum atomic E-state index is 0.971. The van der Waals surface area contributed by atoms with Crippen molar-refractivity contribution in [1.29, 1.82) is 0 Å². The first-order chi connectivity index (χ1) is 9.31. The van der Waals surface area contributed by atoms with Crippen molar-refractivity contribution in [2.45, 2.75) is 26.8 Å². The molecule has 0 unspecified atom stereocenters. The fraction of sp³-hybridized carbons (Fsp3) is 0.667. The van der Waals surface area contributed by atoms with Crippen LogP contribution < -0.4 is 5.32 Å². The van der Waals surface area contributed by atoms with Crippen LogP contribution in [0.15, 0.2) is 18.2 Å². The fourth-order valence-electron chi connectivity index (χ4n) is 2.41. The van der Waals surface area contributed by atoms with E-state index in [0.29, 0.717) is 0 Å². The van der Waals surface area contributed by atoms with Gasteiger partial charge in [0.1, 0.15) is 5.82 Å². The smallest absolute Gasteiger partial charge is 0.126 e. The second kappa shape index (κ2) is 7.46. The van der Waals surface area contributed by atoms with E-state index < -0.39 is 0 Å². The zero-order chi connectivity index (χ0) is 13.5. The number of piperazine rings is 1. The third-order valence-corrected chi connectivity index (χ3v) is 3.66. The summed E-state index contributed by atoms with van der Waals surface area (Å²) in [6, 6.07) is 6.28. The second-order valence-electron chi connectivity index (χ2n) is 5.15. The van der Waals surface area contributed by atoms with Crippen molar-refractivity contribution in [2.24, 2.45) is 0 Å². The molecule has 0 atom stereocenters. The van der Waals surface area contributed by atoms with Gasteiger partial charge in [-0.3, -0.25) is 4.90 Å². The molecule has 1 aromatic rings. The van der Waals surface area contributed by atoms with E-state index in [1.165, 1.54) is 25.3 Å². The molecule has 0 saturated carbocycles. The van der Waals surface area contributed by atoms with Crippen molar-refractivity contribution in [3.8, 4) is 0 Å². The highest BCUT2D eigenvalue weighted by Crippen LogP contribution is 2.09. The van der Waals surface area contributed by atoms with Crippen LogP contribution in [0.5, 0.6) is 0 Å². The lowest BCUT2D eigenvalue weighted by molar-refractivity contribution is 0.131. The average molecular weight is 262 g/mol. The summed E-state index contributed by atoms with van der Waals surface area (Å²) >= 11 is 0. The Morgan fingerprint density at radius 3 is 2.53 bits per heavy atom. The molecule has 1 N–H and O–H groups in total. The molecule has 1 fully saturated rings. The molecule has 1 aliphatic rings. The number of hydrogen-bond acceptors (Lipinski definition) is 4. The van der Waals surface area contributed by atoms with Gasteiger partial charge < -0.3 is 10.2 Å². The lowest BCUT2D eigenvalue weighted by Crippen LogP contribution is -2.45. The fourth-order valence-corrected chi connectivity index (χ4v) is 2.41. The van der Waals surface area contributed by atoms with E-state index in [4.69, 9.17) is 0 Å². The molecule has 4 heteroatoms. The highest BCUT2D eigenvalue weighted by atomic mass is 15.3. The lowest BCUT2D eigenvalue weighted by Gasteiger charge is -2.33. The van der Waals surface area contributed by atoms with Gasteiger partial charge in [0, 0.05) is 39.3 Å². The molecular weight excluding hydrogens is 236 g/mol. The standard InChI is InChI=1S/C15H26N4/c1-3-8-16-15-7-5-6-14(17-15)13-19-11-9-18(4-2)10-12-19/h5-7H,3-4,8-13H2,1-2H3,(H,16,17). The molecule has 1 aromatic heterocycles. The molecular formula is C15H26N4. The molecule has 0 bridgehead atoms. The highest BCUT2D eigenvalue weighted by molar-refractivity contribution is 5.35. The van der Waals surface area contributed by atoms with Crippen molar-refractivity contribution >= 4 is 5.82 Å². The van der Waals surface area contributed by atoms with Crippen LogP contribution >= 0.6 is 0 Å². The van der Waals surface area contributed by atoms with Gasteiger partial charge in [-0.1, -0.05) is 19.9 Å². The van der Waals surface area contributed by atoms with Crippen molar-refractivity contribution in [1.82, 2.24) is 14.8 Å². The van der Waals surface area contributed by atoms with Crippen LogP contribution in [0.25, 0.3) is 0 Å². The van der Waals surface area contributed by atoms with Crippen LogP contribution in [-0.4, -0.2) is 54.1 Å². The molecule has 1 saturated heterocycles. The average Bonchev–Trinajstić information content (AvgIpc) is 2.46. The Labute approximate surface area is 116 Å². The van der Waals surface area contributed by atoms with Gasteiger partial charge in [0.05, 0.1) is 5.69 Å². The summed E-state index contributed by atoms with van der Waals surface area (Å²) in [7, 11) is 0. The van der Waals surface area contributed by atoms with Crippen LogP contribution in [-0.2, 0) is 6.54 Å². The first kappa shape index (κ1) is 14.3. The molecule has 0 spiro atoms. The Hall–Kier alpha value is -1.13. The van der Waals surface area contributed by atoms with Crippen LogP contribution in [0.1, 0.15) is 26.0 Å². The molecule has 2 rings (SSSR count). The number of hydrogen-bond donors (Lipinski definition) is 1. The first-order valence-corrected chi connectivity index (χ1v) is 7.46. The minimum absolute atomic E-state index is 0.971. The first-order valence-electron chi connectivity index (χ1n) is 7.46. The topological polar surface area (TPSA) is 31.4 Å². The Morgan fingerprint density at radius 2 is 1.84 bits per heavy atom. The third-order valence-electron chi connectivity index (χ3n) is 3.66. The van der Waals surface area contributed by atoms with Gasteiger partial charge in [0.2, 0.25) is 0 Å². The van der Waals surface area contributed by atoms with Crippen LogP contribution in [0, 0.1) is 0 Å². The van der Waals surface area contributed by atoms with Gasteiger partial charge in [-0.2, -0.15) is 0 Å². The van der Waals surface area contributed by atoms with Gasteiger partial charge in [0.25, 0.3) is 0 Å². The molecule has 106 valence electrons. The van der Waals surface area contributed by atoms with Crippen LogP contribution in [0.3, 0.4) is 0 Å². The number of likely N-dealkylation sites (N-methyl/N-ethyl adjacent to an activating group) is 1. The maximum absolute atomic E-state index is 4.68. The predicted octanol–water partition coefficient (Wildman–Crippen LogP) is 2.04. The van der Waals surface area contributed by atoms with E-state index >= 15 is 0 Å². The molecule has 2 heterocycles. The van der Waals surface area contributed by atoms with Crippen LogP contribution in [0.4, 0.5) is 5.82 Å². The Kier molecular flexibility index (Phi) is 5.61. The summed E-state index contributed by atoms with van der Waals surface area (Å²) in [6.45, 7) is 12.2. The number of pyridine rings is 1. The monoisotopic (exact) mass is 262 g/mol. The quantitative estimate of drug-likeness (QED) is 0.850. The van der Waals surface area contributed by atoms with Crippen molar-refractivity contribution in [3.05, 3.63) is 23.9 Å². The largest absolute Gasteiger partial charge is 0.370 e. The van der Waals surface area contributed by atoms with E-state index in [0.717, 1.165) is 38.4 Å². The Morgan fingerprint density at radius 1 is 1.11 bits per heavy atom. The van der Waals surface area contributed by atoms with Gasteiger partial charge in [-0.25, -0.2) is 4.98 Å². The number of aromatic nitrogens is 1. The van der Waals surface area contributed by atoms with Gasteiger partial charge in [-0.15, -0.1) is 0 Å². The maximum atomic E-state index is 4.68. The molecule has 4 nitrogen and oxygen atoms in total. The Balaban J connectivity index is 1.85. The molecule has 0 aromatic carbocycles. The SMILES string of the molecule is CCCNc1cccc(CN2CCN(CC)CC2)n1. The molecule has 0 amide bonds. The number of nitrogens with one attached hydrogen (secondary N) is 1. The van der Waals surface area contributed by atoms with Crippen LogP contribution in [0.2, 0.25) is 0 Å². The van der Waals surface area contributed by atoms with E-state index in [1.807, 2.05) is 6.07 Å². The maximum Gasteiger partial charge on any atom is 0.126 e. The van der Waals surface area contributed by atoms with Gasteiger partial charge in [-0.05, 0) is 25.1 Å². The summed E-state index contributed by atoms with van der Waals surface area (Å²) in [5, 5.41) is 3.35. The molecule has 0 radical (unpaired) electrons. The Bertz CT molecular complexity index is 372. The number of rotatable bonds is 6. The van der Waals surface area contributed by atoms with E-state index in [-0.39, 0.29) is 0 Å². The predicted molar refractivity (Wildman–Crippen MR) is 80.4 cm³/mol. The summed E-state index contributed by atoms with van der Waals surface area (Å²) < 4.78 is 0. The number of anilines is 1. The van der Waals surface area contributed by atoms with E-state index in [2.05, 4.69) is 46.1 Å².